The molecule has 0 aromatic heterocycles. The minimum Gasteiger partial charge on any atom is -0.377 e. The van der Waals surface area contributed by atoms with Crippen LogP contribution in [0.3, 0.4) is 0 Å². The van der Waals surface area contributed by atoms with Crippen molar-refractivity contribution >= 4 is 0 Å². The van der Waals surface area contributed by atoms with E-state index in [1.807, 2.05) is 0 Å². The van der Waals surface area contributed by atoms with E-state index >= 15 is 0 Å². The summed E-state index contributed by atoms with van der Waals surface area (Å²) in [6.07, 6.45) is 6.60. The predicted molar refractivity (Wildman–Crippen MR) is 69.2 cm³/mol. The largest absolute Gasteiger partial charge is 0.377 e. The van der Waals surface area contributed by atoms with E-state index in [1.54, 1.807) is 0 Å². The Kier molecular flexibility index (Phi) is 4.45. The first-order valence-electron chi connectivity index (χ1n) is 7.08. The van der Waals surface area contributed by atoms with Gasteiger partial charge >= 0.3 is 0 Å². The molecule has 2 aliphatic rings. The molecule has 0 aromatic rings. The van der Waals surface area contributed by atoms with E-state index in [4.69, 9.17) is 9.47 Å². The van der Waals surface area contributed by atoms with Crippen molar-refractivity contribution in [1.29, 1.82) is 0 Å². The Morgan fingerprint density at radius 3 is 2.71 bits per heavy atom. The second-order valence-electron chi connectivity index (χ2n) is 5.92. The van der Waals surface area contributed by atoms with Gasteiger partial charge in [0.1, 0.15) is 0 Å². The molecule has 1 aliphatic heterocycles. The zero-order valence-electron chi connectivity index (χ0n) is 11.5. The van der Waals surface area contributed by atoms with E-state index in [9.17, 15) is 0 Å². The Labute approximate surface area is 105 Å². The van der Waals surface area contributed by atoms with E-state index < -0.39 is 0 Å². The highest BCUT2D eigenvalue weighted by molar-refractivity contribution is 4.96. The summed E-state index contributed by atoms with van der Waals surface area (Å²) in [5.41, 5.74) is 0.246. The SMILES string of the molecule is CNC(COC(C)C)C1CCOC2(CCC2)C1. The van der Waals surface area contributed by atoms with Gasteiger partial charge in [-0.15, -0.1) is 0 Å². The van der Waals surface area contributed by atoms with Gasteiger partial charge in [0.25, 0.3) is 0 Å². The van der Waals surface area contributed by atoms with Crippen LogP contribution >= 0.6 is 0 Å². The fourth-order valence-electron chi connectivity index (χ4n) is 3.08. The van der Waals surface area contributed by atoms with Crippen LogP contribution in [-0.4, -0.2) is 38.0 Å². The van der Waals surface area contributed by atoms with E-state index in [0.717, 1.165) is 13.2 Å². The van der Waals surface area contributed by atoms with Crippen LogP contribution < -0.4 is 5.32 Å². The van der Waals surface area contributed by atoms with Crippen molar-refractivity contribution in [2.24, 2.45) is 5.92 Å². The highest BCUT2D eigenvalue weighted by atomic mass is 16.5. The predicted octanol–water partition coefficient (Wildman–Crippen LogP) is 2.35. The topological polar surface area (TPSA) is 30.5 Å². The van der Waals surface area contributed by atoms with Crippen LogP contribution in [0.25, 0.3) is 0 Å². The molecule has 2 unspecified atom stereocenters. The van der Waals surface area contributed by atoms with Gasteiger partial charge in [0.05, 0.1) is 18.3 Å². The standard InChI is InChI=1S/C14H27NO2/c1-11(2)16-10-13(15-3)12-5-8-17-14(9-12)6-4-7-14/h11-13,15H,4-10H2,1-3H3. The second-order valence-corrected chi connectivity index (χ2v) is 5.92. The third-order valence-corrected chi connectivity index (χ3v) is 4.34. The summed E-state index contributed by atoms with van der Waals surface area (Å²) in [5, 5.41) is 3.43. The van der Waals surface area contributed by atoms with Gasteiger partial charge in [0, 0.05) is 12.6 Å². The van der Waals surface area contributed by atoms with Crippen molar-refractivity contribution in [3.63, 3.8) is 0 Å². The summed E-state index contributed by atoms with van der Waals surface area (Å²) in [4.78, 5) is 0. The van der Waals surface area contributed by atoms with Crippen LogP contribution in [-0.2, 0) is 9.47 Å². The van der Waals surface area contributed by atoms with Crippen LogP contribution in [0.1, 0.15) is 46.0 Å². The minimum absolute atomic E-state index is 0.246. The Hall–Kier alpha value is -0.120. The molecule has 1 spiro atoms. The summed E-state index contributed by atoms with van der Waals surface area (Å²) in [5.74, 6) is 0.716. The molecule has 2 rings (SSSR count). The highest BCUT2D eigenvalue weighted by Gasteiger charge is 2.44. The van der Waals surface area contributed by atoms with E-state index in [-0.39, 0.29) is 5.60 Å². The molecule has 17 heavy (non-hydrogen) atoms. The molecule has 100 valence electrons. The number of nitrogens with one attached hydrogen (secondary N) is 1. The quantitative estimate of drug-likeness (QED) is 0.801. The molecule has 1 aliphatic carbocycles. The lowest BCUT2D eigenvalue weighted by molar-refractivity contribution is -0.149. The van der Waals surface area contributed by atoms with Gasteiger partial charge in [0.15, 0.2) is 0 Å². The van der Waals surface area contributed by atoms with E-state index in [0.29, 0.717) is 18.1 Å². The number of ether oxygens (including phenoxy) is 2. The van der Waals surface area contributed by atoms with Crippen LogP contribution in [0, 0.1) is 5.92 Å². The zero-order valence-corrected chi connectivity index (χ0v) is 11.5. The second kappa shape index (κ2) is 5.68. The Bertz CT molecular complexity index is 238. The fraction of sp³-hybridized carbons (Fsp3) is 1.00. The Morgan fingerprint density at radius 1 is 1.41 bits per heavy atom. The average Bonchev–Trinajstić information content (AvgIpc) is 2.28. The maximum Gasteiger partial charge on any atom is 0.0685 e. The smallest absolute Gasteiger partial charge is 0.0685 e. The molecule has 0 amide bonds. The van der Waals surface area contributed by atoms with Crippen molar-refractivity contribution in [2.45, 2.75) is 63.7 Å². The molecular formula is C14H27NO2. The first-order valence-corrected chi connectivity index (χ1v) is 7.08. The Balaban J connectivity index is 1.85. The third-order valence-electron chi connectivity index (χ3n) is 4.34. The Morgan fingerprint density at radius 2 is 2.18 bits per heavy atom. The summed E-state index contributed by atoms with van der Waals surface area (Å²) in [6.45, 7) is 5.97. The van der Waals surface area contributed by atoms with Crippen LogP contribution in [0.5, 0.6) is 0 Å². The third kappa shape index (κ3) is 3.21. The number of rotatable bonds is 5. The summed E-state index contributed by atoms with van der Waals surface area (Å²) in [6, 6.07) is 0.485. The molecular weight excluding hydrogens is 214 g/mol. The minimum atomic E-state index is 0.246. The molecule has 0 aromatic carbocycles. The van der Waals surface area contributed by atoms with Crippen molar-refractivity contribution in [2.75, 3.05) is 20.3 Å². The fourth-order valence-corrected chi connectivity index (χ4v) is 3.08. The number of hydrogen-bond donors (Lipinski definition) is 1. The first kappa shape index (κ1) is 13.3. The molecule has 1 saturated heterocycles. The molecule has 1 heterocycles. The maximum atomic E-state index is 5.98. The molecule has 2 fully saturated rings. The molecule has 0 bridgehead atoms. The lowest BCUT2D eigenvalue weighted by Gasteiger charge is -2.48. The molecule has 1 N–H and O–H groups in total. The molecule has 3 heteroatoms. The van der Waals surface area contributed by atoms with Crippen LogP contribution in [0.4, 0.5) is 0 Å². The lowest BCUT2D eigenvalue weighted by Crippen LogP contribution is -2.51. The average molecular weight is 241 g/mol. The molecule has 0 radical (unpaired) electrons. The molecule has 1 saturated carbocycles. The summed E-state index contributed by atoms with van der Waals surface area (Å²) < 4.78 is 11.7. The highest BCUT2D eigenvalue weighted by Crippen LogP contribution is 2.44. The van der Waals surface area contributed by atoms with Gasteiger partial charge in [-0.1, -0.05) is 0 Å². The zero-order chi connectivity index (χ0) is 12.3. The monoisotopic (exact) mass is 241 g/mol. The first-order chi connectivity index (χ1) is 8.15. The van der Waals surface area contributed by atoms with Gasteiger partial charge in [-0.25, -0.2) is 0 Å². The number of hydrogen-bond acceptors (Lipinski definition) is 3. The molecule has 3 nitrogen and oxygen atoms in total. The van der Waals surface area contributed by atoms with Crippen molar-refractivity contribution in [3.05, 3.63) is 0 Å². The van der Waals surface area contributed by atoms with Crippen LogP contribution in [0.15, 0.2) is 0 Å². The van der Waals surface area contributed by atoms with E-state index in [1.165, 1.54) is 32.1 Å². The van der Waals surface area contributed by atoms with Crippen molar-refractivity contribution in [1.82, 2.24) is 5.32 Å². The van der Waals surface area contributed by atoms with Crippen LogP contribution in [0.2, 0.25) is 0 Å². The summed E-state index contributed by atoms with van der Waals surface area (Å²) >= 11 is 0. The maximum absolute atomic E-state index is 5.98. The van der Waals surface area contributed by atoms with Gasteiger partial charge in [-0.2, -0.15) is 0 Å². The lowest BCUT2D eigenvalue weighted by atomic mass is 9.70. The summed E-state index contributed by atoms with van der Waals surface area (Å²) in [7, 11) is 2.05. The van der Waals surface area contributed by atoms with Gasteiger partial charge < -0.3 is 14.8 Å². The number of likely N-dealkylation sites (N-methyl/N-ethyl adjacent to an activating group) is 1. The van der Waals surface area contributed by atoms with Gasteiger partial charge in [0.2, 0.25) is 0 Å². The van der Waals surface area contributed by atoms with E-state index in [2.05, 4.69) is 26.2 Å². The van der Waals surface area contributed by atoms with Crippen molar-refractivity contribution < 1.29 is 9.47 Å². The molecule has 2 atom stereocenters. The van der Waals surface area contributed by atoms with Gasteiger partial charge in [-0.3, -0.25) is 0 Å². The normalized spacial score (nSPS) is 29.3. The van der Waals surface area contributed by atoms with Crippen molar-refractivity contribution in [3.8, 4) is 0 Å². The van der Waals surface area contributed by atoms with Gasteiger partial charge in [-0.05, 0) is 58.9 Å².